The molecule has 0 radical (unpaired) electrons. The number of aryl methyl sites for hydroxylation is 1. The van der Waals surface area contributed by atoms with Gasteiger partial charge in [-0.15, -0.1) is 6.58 Å². The number of sulfonamides is 1. The fourth-order valence-electron chi connectivity index (χ4n) is 1.77. The Labute approximate surface area is 127 Å². The molecule has 0 fully saturated rings. The zero-order valence-electron chi connectivity index (χ0n) is 13.1. The third-order valence-electron chi connectivity index (χ3n) is 3.40. The lowest BCUT2D eigenvalue weighted by atomic mass is 9.85. The van der Waals surface area contributed by atoms with Crippen LogP contribution in [0.15, 0.2) is 41.8 Å². The highest BCUT2D eigenvalue weighted by Gasteiger charge is 2.27. The van der Waals surface area contributed by atoms with E-state index in [0.29, 0.717) is 0 Å². The van der Waals surface area contributed by atoms with Crippen LogP contribution in [0.5, 0.6) is 0 Å². The number of aliphatic hydroxyl groups excluding tert-OH is 1. The average Bonchev–Trinajstić information content (AvgIpc) is 2.36. The maximum Gasteiger partial charge on any atom is 0.241 e. The van der Waals surface area contributed by atoms with Crippen molar-refractivity contribution in [1.29, 1.82) is 0 Å². The molecule has 0 aromatic heterocycles. The molecule has 0 amide bonds. The van der Waals surface area contributed by atoms with E-state index in [2.05, 4.69) is 11.3 Å². The summed E-state index contributed by atoms with van der Waals surface area (Å²) in [6, 6.07) is 6.13. The lowest BCUT2D eigenvalue weighted by Crippen LogP contribution is -2.39. The molecule has 5 heteroatoms. The van der Waals surface area contributed by atoms with Crippen LogP contribution in [0.1, 0.15) is 32.8 Å². The highest BCUT2D eigenvalue weighted by atomic mass is 32.2. The van der Waals surface area contributed by atoms with Crippen molar-refractivity contribution >= 4 is 10.0 Å². The van der Waals surface area contributed by atoms with Crippen LogP contribution in [0, 0.1) is 12.3 Å². The predicted octanol–water partition coefficient (Wildman–Crippen LogP) is 2.63. The standard InChI is InChI=1S/C16H25NO3S/c1-6-13(11-15(18)16(3,4)5)17-21(19,20)14-9-7-12(2)8-10-14/h6-10,13,15,17-18H,1,11H2,2-5H3/t13-,15+/m0/s1. The van der Waals surface area contributed by atoms with Crippen molar-refractivity contribution < 1.29 is 13.5 Å². The molecular formula is C16H25NO3S. The Morgan fingerprint density at radius 1 is 1.29 bits per heavy atom. The van der Waals surface area contributed by atoms with Crippen molar-refractivity contribution in [3.63, 3.8) is 0 Å². The molecule has 1 aromatic rings. The molecule has 21 heavy (non-hydrogen) atoms. The molecule has 0 unspecified atom stereocenters. The Balaban J connectivity index is 2.85. The maximum atomic E-state index is 12.3. The number of rotatable bonds is 6. The summed E-state index contributed by atoms with van der Waals surface area (Å²) in [6.45, 7) is 11.3. The quantitative estimate of drug-likeness (QED) is 0.794. The molecule has 0 saturated carbocycles. The van der Waals surface area contributed by atoms with E-state index in [0.717, 1.165) is 5.56 Å². The van der Waals surface area contributed by atoms with Gasteiger partial charge < -0.3 is 5.11 Å². The lowest BCUT2D eigenvalue weighted by molar-refractivity contribution is 0.0521. The van der Waals surface area contributed by atoms with E-state index in [-0.39, 0.29) is 16.7 Å². The maximum absolute atomic E-state index is 12.3. The first-order valence-corrected chi connectivity index (χ1v) is 8.44. The van der Waals surface area contributed by atoms with E-state index >= 15 is 0 Å². The Morgan fingerprint density at radius 3 is 2.24 bits per heavy atom. The summed E-state index contributed by atoms with van der Waals surface area (Å²) >= 11 is 0. The second-order valence-electron chi connectivity index (χ2n) is 6.39. The van der Waals surface area contributed by atoms with Crippen LogP contribution in [0.2, 0.25) is 0 Å². The summed E-state index contributed by atoms with van der Waals surface area (Å²) < 4.78 is 27.2. The second-order valence-corrected chi connectivity index (χ2v) is 8.11. The van der Waals surface area contributed by atoms with Crippen molar-refractivity contribution in [2.24, 2.45) is 5.41 Å². The number of hydrogen-bond acceptors (Lipinski definition) is 3. The summed E-state index contributed by atoms with van der Waals surface area (Å²) in [5.41, 5.74) is 0.689. The van der Waals surface area contributed by atoms with Crippen LogP contribution in [0.25, 0.3) is 0 Å². The van der Waals surface area contributed by atoms with Crippen molar-refractivity contribution in [3.05, 3.63) is 42.5 Å². The van der Waals surface area contributed by atoms with Crippen molar-refractivity contribution in [3.8, 4) is 0 Å². The molecule has 1 rings (SSSR count). The van der Waals surface area contributed by atoms with Crippen LogP contribution in [-0.2, 0) is 10.0 Å². The van der Waals surface area contributed by atoms with Gasteiger partial charge in [0.05, 0.1) is 11.0 Å². The van der Waals surface area contributed by atoms with Gasteiger partial charge in [0.25, 0.3) is 0 Å². The molecule has 118 valence electrons. The summed E-state index contributed by atoms with van der Waals surface area (Å²) in [4.78, 5) is 0.213. The van der Waals surface area contributed by atoms with Crippen LogP contribution in [-0.4, -0.2) is 25.7 Å². The SMILES string of the molecule is C=C[C@@H](C[C@@H](O)C(C)(C)C)NS(=O)(=O)c1ccc(C)cc1. The Kier molecular flexibility index (Phi) is 5.73. The first-order chi connectivity index (χ1) is 9.56. The normalized spacial score (nSPS) is 15.5. The topological polar surface area (TPSA) is 66.4 Å². The average molecular weight is 311 g/mol. The van der Waals surface area contributed by atoms with E-state index in [1.54, 1.807) is 24.3 Å². The Hall–Kier alpha value is -1.17. The van der Waals surface area contributed by atoms with Crippen molar-refractivity contribution in [2.75, 3.05) is 0 Å². The van der Waals surface area contributed by atoms with Crippen molar-refractivity contribution in [2.45, 2.75) is 51.2 Å². The minimum absolute atomic E-state index is 0.213. The third kappa shape index (κ3) is 5.26. The number of nitrogens with one attached hydrogen (secondary N) is 1. The van der Waals surface area contributed by atoms with E-state index < -0.39 is 22.2 Å². The first-order valence-electron chi connectivity index (χ1n) is 6.96. The van der Waals surface area contributed by atoms with Gasteiger partial charge in [-0.3, -0.25) is 0 Å². The monoisotopic (exact) mass is 311 g/mol. The van der Waals surface area contributed by atoms with E-state index in [1.165, 1.54) is 6.08 Å². The smallest absolute Gasteiger partial charge is 0.241 e. The lowest BCUT2D eigenvalue weighted by Gasteiger charge is -2.28. The fraction of sp³-hybridized carbons (Fsp3) is 0.500. The molecule has 0 heterocycles. The zero-order chi connectivity index (χ0) is 16.3. The Morgan fingerprint density at radius 2 is 1.81 bits per heavy atom. The van der Waals surface area contributed by atoms with E-state index in [1.807, 2.05) is 27.7 Å². The van der Waals surface area contributed by atoms with E-state index in [4.69, 9.17) is 0 Å². The fourth-order valence-corrected chi connectivity index (χ4v) is 2.99. The molecule has 1 aromatic carbocycles. The van der Waals surface area contributed by atoms with Crippen LogP contribution >= 0.6 is 0 Å². The van der Waals surface area contributed by atoms with Gasteiger partial charge in [-0.1, -0.05) is 44.5 Å². The first kappa shape index (κ1) is 17.9. The molecular weight excluding hydrogens is 286 g/mol. The summed E-state index contributed by atoms with van der Waals surface area (Å²) in [5.74, 6) is 0. The molecule has 0 saturated heterocycles. The van der Waals surface area contributed by atoms with Gasteiger partial charge in [0, 0.05) is 6.04 Å². The molecule has 2 N–H and O–H groups in total. The largest absolute Gasteiger partial charge is 0.393 e. The van der Waals surface area contributed by atoms with Gasteiger partial charge in [0.1, 0.15) is 0 Å². The predicted molar refractivity (Wildman–Crippen MR) is 85.6 cm³/mol. The van der Waals surface area contributed by atoms with Crippen molar-refractivity contribution in [1.82, 2.24) is 4.72 Å². The highest BCUT2D eigenvalue weighted by Crippen LogP contribution is 2.23. The third-order valence-corrected chi connectivity index (χ3v) is 4.91. The zero-order valence-corrected chi connectivity index (χ0v) is 13.9. The Bertz CT molecular complexity index is 571. The summed E-state index contributed by atoms with van der Waals surface area (Å²) in [7, 11) is -3.61. The minimum Gasteiger partial charge on any atom is -0.393 e. The number of benzene rings is 1. The molecule has 0 aliphatic heterocycles. The molecule has 4 nitrogen and oxygen atoms in total. The highest BCUT2D eigenvalue weighted by molar-refractivity contribution is 7.89. The van der Waals surface area contributed by atoms with Gasteiger partial charge in [-0.05, 0) is 30.9 Å². The molecule has 0 bridgehead atoms. The van der Waals surface area contributed by atoms with Gasteiger partial charge in [0.15, 0.2) is 0 Å². The van der Waals surface area contributed by atoms with Gasteiger partial charge in [0.2, 0.25) is 10.0 Å². The number of hydrogen-bond donors (Lipinski definition) is 2. The van der Waals surface area contributed by atoms with Crippen LogP contribution in [0.3, 0.4) is 0 Å². The van der Waals surface area contributed by atoms with Gasteiger partial charge in [-0.2, -0.15) is 0 Å². The molecule has 2 atom stereocenters. The van der Waals surface area contributed by atoms with Gasteiger partial charge >= 0.3 is 0 Å². The molecule has 0 aliphatic carbocycles. The van der Waals surface area contributed by atoms with Crippen LogP contribution in [0.4, 0.5) is 0 Å². The van der Waals surface area contributed by atoms with E-state index in [9.17, 15) is 13.5 Å². The van der Waals surface area contributed by atoms with Gasteiger partial charge in [-0.25, -0.2) is 13.1 Å². The number of aliphatic hydroxyl groups is 1. The molecule has 0 spiro atoms. The second kappa shape index (κ2) is 6.73. The minimum atomic E-state index is -3.61. The summed E-state index contributed by atoms with van der Waals surface area (Å²) in [5, 5.41) is 10.1. The molecule has 0 aliphatic rings. The summed E-state index contributed by atoms with van der Waals surface area (Å²) in [6.07, 6.45) is 1.18. The van der Waals surface area contributed by atoms with Crippen LogP contribution < -0.4 is 4.72 Å².